The van der Waals surface area contributed by atoms with Crippen molar-refractivity contribution in [2.75, 3.05) is 0 Å². The van der Waals surface area contributed by atoms with Gasteiger partial charge in [0.05, 0.1) is 6.10 Å². The molecule has 1 N–H and O–H groups in total. The van der Waals surface area contributed by atoms with Crippen molar-refractivity contribution in [2.45, 2.75) is 31.3 Å². The van der Waals surface area contributed by atoms with Crippen LogP contribution >= 0.6 is 0 Å². The number of rotatable bonds is 0. The zero-order valence-electron chi connectivity index (χ0n) is 6.96. The molecule has 0 saturated heterocycles. The number of aliphatic hydroxyl groups excluding tert-OH is 1. The van der Waals surface area contributed by atoms with E-state index in [0.717, 1.165) is 6.42 Å². The van der Waals surface area contributed by atoms with Gasteiger partial charge in [-0.3, -0.25) is 0 Å². The lowest BCUT2D eigenvalue weighted by molar-refractivity contribution is 0.172. The summed E-state index contributed by atoms with van der Waals surface area (Å²) in [7, 11) is 0. The molecule has 12 heavy (non-hydrogen) atoms. The summed E-state index contributed by atoms with van der Waals surface area (Å²) < 4.78 is 0. The van der Waals surface area contributed by atoms with Crippen LogP contribution in [0.5, 0.6) is 0 Å². The summed E-state index contributed by atoms with van der Waals surface area (Å²) in [6.45, 7) is 0. The van der Waals surface area contributed by atoms with Gasteiger partial charge in [0.2, 0.25) is 0 Å². The third kappa shape index (κ3) is 0.674. The van der Waals surface area contributed by atoms with Crippen LogP contribution in [0.15, 0.2) is 18.2 Å². The lowest BCUT2D eigenvalue weighted by Crippen LogP contribution is -1.92. The maximum absolute atomic E-state index is 9.71. The molecule has 62 valence electrons. The molecule has 1 nitrogen and oxygen atoms in total. The number of aliphatic hydroxyl groups is 1. The average Bonchev–Trinajstić information content (AvgIpc) is 2.61. The molecule has 2 aliphatic carbocycles. The first-order valence-electron chi connectivity index (χ1n) is 4.66. The standard InChI is InChI=1S/C11H12O/c12-10-6-8-5-4-7-2-1-3-9(10)11(7)8/h1-3,8,10,12H,4-6H2. The highest BCUT2D eigenvalue weighted by Gasteiger charge is 2.34. The Kier molecular flexibility index (Phi) is 1.17. The summed E-state index contributed by atoms with van der Waals surface area (Å²) in [6, 6.07) is 6.36. The van der Waals surface area contributed by atoms with E-state index in [2.05, 4.69) is 18.2 Å². The molecule has 2 atom stereocenters. The second-order valence-corrected chi connectivity index (χ2v) is 3.91. The number of hydrogen-bond acceptors (Lipinski definition) is 1. The topological polar surface area (TPSA) is 20.2 Å². The summed E-state index contributed by atoms with van der Waals surface area (Å²) in [5.74, 6) is 0.672. The van der Waals surface area contributed by atoms with Gasteiger partial charge in [-0.2, -0.15) is 0 Å². The quantitative estimate of drug-likeness (QED) is 0.616. The molecule has 0 fully saturated rings. The minimum Gasteiger partial charge on any atom is -0.388 e. The number of hydrogen-bond donors (Lipinski definition) is 1. The first-order valence-corrected chi connectivity index (χ1v) is 4.66. The second kappa shape index (κ2) is 2.11. The van der Waals surface area contributed by atoms with E-state index >= 15 is 0 Å². The van der Waals surface area contributed by atoms with Gasteiger partial charge in [0.25, 0.3) is 0 Å². The highest BCUT2D eigenvalue weighted by atomic mass is 16.3. The third-order valence-electron chi connectivity index (χ3n) is 3.27. The molecule has 0 bridgehead atoms. The van der Waals surface area contributed by atoms with E-state index in [1.54, 1.807) is 0 Å². The third-order valence-corrected chi connectivity index (χ3v) is 3.27. The van der Waals surface area contributed by atoms with Crippen LogP contribution in [0.2, 0.25) is 0 Å². The SMILES string of the molecule is OC1CC2CCc3cccc1c32. The van der Waals surface area contributed by atoms with Gasteiger partial charge in [-0.15, -0.1) is 0 Å². The first-order chi connectivity index (χ1) is 5.86. The molecule has 0 spiro atoms. The first kappa shape index (κ1) is 6.67. The Labute approximate surface area is 72.0 Å². The molecule has 1 aromatic carbocycles. The van der Waals surface area contributed by atoms with E-state index in [4.69, 9.17) is 0 Å². The highest BCUT2D eigenvalue weighted by Crippen LogP contribution is 2.48. The van der Waals surface area contributed by atoms with Crippen molar-refractivity contribution in [3.8, 4) is 0 Å². The van der Waals surface area contributed by atoms with Crippen LogP contribution < -0.4 is 0 Å². The zero-order chi connectivity index (χ0) is 8.13. The fourth-order valence-electron chi connectivity index (χ4n) is 2.75. The van der Waals surface area contributed by atoms with Gasteiger partial charge < -0.3 is 5.11 Å². The van der Waals surface area contributed by atoms with E-state index in [1.165, 1.54) is 29.5 Å². The summed E-state index contributed by atoms with van der Waals surface area (Å²) >= 11 is 0. The van der Waals surface area contributed by atoms with Gasteiger partial charge in [-0.05, 0) is 41.9 Å². The molecular weight excluding hydrogens is 148 g/mol. The molecule has 2 aliphatic rings. The second-order valence-electron chi connectivity index (χ2n) is 3.91. The molecule has 0 aromatic heterocycles. The van der Waals surface area contributed by atoms with E-state index in [1.807, 2.05) is 0 Å². The molecule has 3 rings (SSSR count). The van der Waals surface area contributed by atoms with Crippen LogP contribution in [0.4, 0.5) is 0 Å². The van der Waals surface area contributed by atoms with Crippen LogP contribution in [0, 0.1) is 0 Å². The average molecular weight is 160 g/mol. The van der Waals surface area contributed by atoms with E-state index in [9.17, 15) is 5.11 Å². The molecule has 0 heterocycles. The van der Waals surface area contributed by atoms with Gasteiger partial charge >= 0.3 is 0 Å². The Balaban J connectivity index is 2.28. The molecule has 1 aromatic rings. The predicted molar refractivity (Wildman–Crippen MR) is 47.1 cm³/mol. The van der Waals surface area contributed by atoms with Crippen molar-refractivity contribution >= 4 is 0 Å². The van der Waals surface area contributed by atoms with Gasteiger partial charge in [-0.1, -0.05) is 18.2 Å². The van der Waals surface area contributed by atoms with Crippen LogP contribution in [0.3, 0.4) is 0 Å². The van der Waals surface area contributed by atoms with Crippen molar-refractivity contribution in [1.29, 1.82) is 0 Å². The van der Waals surface area contributed by atoms with Crippen LogP contribution in [0.1, 0.15) is 41.6 Å². The summed E-state index contributed by atoms with van der Waals surface area (Å²) in [6.07, 6.45) is 3.27. The Morgan fingerprint density at radius 1 is 1.33 bits per heavy atom. The smallest absolute Gasteiger partial charge is 0.0798 e. The normalized spacial score (nSPS) is 30.8. The minimum atomic E-state index is -0.176. The zero-order valence-corrected chi connectivity index (χ0v) is 6.96. The predicted octanol–water partition coefficient (Wildman–Crippen LogP) is 2.15. The maximum atomic E-state index is 9.71. The summed E-state index contributed by atoms with van der Waals surface area (Å²) in [5, 5.41) is 9.71. The van der Waals surface area contributed by atoms with E-state index in [0.29, 0.717) is 5.92 Å². The Hall–Kier alpha value is -0.820. The summed E-state index contributed by atoms with van der Waals surface area (Å²) in [4.78, 5) is 0. The largest absolute Gasteiger partial charge is 0.388 e. The molecule has 0 saturated carbocycles. The maximum Gasteiger partial charge on any atom is 0.0798 e. The molecule has 0 radical (unpaired) electrons. The summed E-state index contributed by atoms with van der Waals surface area (Å²) in [5.41, 5.74) is 4.16. The molecule has 1 heteroatoms. The number of benzene rings is 1. The highest BCUT2D eigenvalue weighted by molar-refractivity contribution is 5.46. The Bertz CT molecular complexity index is 330. The fourth-order valence-corrected chi connectivity index (χ4v) is 2.75. The minimum absolute atomic E-state index is 0.176. The van der Waals surface area contributed by atoms with Crippen LogP contribution in [0.25, 0.3) is 0 Å². The van der Waals surface area contributed by atoms with E-state index < -0.39 is 0 Å². The van der Waals surface area contributed by atoms with Gasteiger partial charge in [-0.25, -0.2) is 0 Å². The molecule has 0 aliphatic heterocycles. The Morgan fingerprint density at radius 3 is 3.17 bits per heavy atom. The van der Waals surface area contributed by atoms with Gasteiger partial charge in [0.15, 0.2) is 0 Å². The monoisotopic (exact) mass is 160 g/mol. The van der Waals surface area contributed by atoms with Gasteiger partial charge in [0, 0.05) is 0 Å². The van der Waals surface area contributed by atoms with Crippen LogP contribution in [-0.4, -0.2) is 5.11 Å². The lowest BCUT2D eigenvalue weighted by Gasteiger charge is -2.04. The molecular formula is C11H12O. The van der Waals surface area contributed by atoms with Crippen LogP contribution in [-0.2, 0) is 6.42 Å². The van der Waals surface area contributed by atoms with Crippen molar-refractivity contribution in [2.24, 2.45) is 0 Å². The van der Waals surface area contributed by atoms with Gasteiger partial charge in [0.1, 0.15) is 0 Å². The lowest BCUT2D eigenvalue weighted by atomic mass is 10.0. The molecule has 0 amide bonds. The van der Waals surface area contributed by atoms with Crippen molar-refractivity contribution in [3.63, 3.8) is 0 Å². The van der Waals surface area contributed by atoms with Crippen molar-refractivity contribution in [3.05, 3.63) is 34.9 Å². The Morgan fingerprint density at radius 2 is 2.25 bits per heavy atom. The fraction of sp³-hybridized carbons (Fsp3) is 0.455. The number of aryl methyl sites for hydroxylation is 1. The van der Waals surface area contributed by atoms with Crippen molar-refractivity contribution < 1.29 is 5.11 Å². The van der Waals surface area contributed by atoms with Crippen molar-refractivity contribution in [1.82, 2.24) is 0 Å². The molecule has 2 unspecified atom stereocenters. The van der Waals surface area contributed by atoms with E-state index in [-0.39, 0.29) is 6.10 Å².